The summed E-state index contributed by atoms with van der Waals surface area (Å²) >= 11 is 0. The molecule has 1 fully saturated rings. The van der Waals surface area contributed by atoms with Crippen molar-refractivity contribution in [1.29, 1.82) is 5.26 Å². The molecule has 3 heteroatoms. The lowest BCUT2D eigenvalue weighted by Crippen LogP contribution is -2.24. The van der Waals surface area contributed by atoms with Crippen LogP contribution in [-0.4, -0.2) is 23.0 Å². The zero-order chi connectivity index (χ0) is 12.4. The summed E-state index contributed by atoms with van der Waals surface area (Å²) in [5, 5.41) is 10.5. The number of hydrogen-bond donors (Lipinski definition) is 0. The van der Waals surface area contributed by atoms with Gasteiger partial charge in [0.25, 0.3) is 0 Å². The highest BCUT2D eigenvalue weighted by molar-refractivity contribution is 5.79. The zero-order valence-electron chi connectivity index (χ0n) is 10.2. The number of hydrogen-bond acceptors (Lipinski definition) is 3. The van der Waals surface area contributed by atoms with Gasteiger partial charge in [-0.05, 0) is 49.7 Å². The van der Waals surface area contributed by atoms with Crippen LogP contribution in [0.4, 0.5) is 0 Å². The number of fused-ring (bicyclic) bond motifs is 1. The Balaban J connectivity index is 1.99. The summed E-state index contributed by atoms with van der Waals surface area (Å²) in [6.45, 7) is 2.06. The standard InChI is InChI=1S/C15H15N3/c16-11-15(18-8-1-2-9-18)13-5-6-14-12(10-13)4-3-7-17-14/h3-7,10,15H,1-2,8-9H2. The number of nitriles is 1. The van der Waals surface area contributed by atoms with Crippen LogP contribution < -0.4 is 0 Å². The van der Waals surface area contributed by atoms with Crippen LogP contribution in [-0.2, 0) is 0 Å². The number of rotatable bonds is 2. The van der Waals surface area contributed by atoms with Crippen LogP contribution in [0.1, 0.15) is 24.4 Å². The molecule has 0 aliphatic carbocycles. The average Bonchev–Trinajstić information content (AvgIpc) is 2.93. The van der Waals surface area contributed by atoms with Crippen molar-refractivity contribution in [3.63, 3.8) is 0 Å². The third-order valence-electron chi connectivity index (χ3n) is 3.57. The van der Waals surface area contributed by atoms with Crippen molar-refractivity contribution < 1.29 is 0 Å². The first-order valence-corrected chi connectivity index (χ1v) is 6.37. The minimum absolute atomic E-state index is 0.114. The summed E-state index contributed by atoms with van der Waals surface area (Å²) in [5.41, 5.74) is 2.07. The lowest BCUT2D eigenvalue weighted by Gasteiger charge is -2.21. The third-order valence-corrected chi connectivity index (χ3v) is 3.57. The topological polar surface area (TPSA) is 39.9 Å². The second kappa shape index (κ2) is 4.75. The second-order valence-electron chi connectivity index (χ2n) is 4.73. The summed E-state index contributed by atoms with van der Waals surface area (Å²) in [6.07, 6.45) is 4.20. The molecule has 0 radical (unpaired) electrons. The average molecular weight is 237 g/mol. The molecule has 1 aromatic carbocycles. The monoisotopic (exact) mass is 237 g/mol. The summed E-state index contributed by atoms with van der Waals surface area (Å²) in [7, 11) is 0. The van der Waals surface area contributed by atoms with Crippen molar-refractivity contribution in [2.24, 2.45) is 0 Å². The van der Waals surface area contributed by atoms with Crippen molar-refractivity contribution in [3.8, 4) is 6.07 Å². The number of pyridine rings is 1. The maximum absolute atomic E-state index is 9.40. The minimum Gasteiger partial charge on any atom is -0.284 e. The number of likely N-dealkylation sites (tertiary alicyclic amines) is 1. The molecule has 1 unspecified atom stereocenters. The molecule has 1 aliphatic heterocycles. The first-order chi connectivity index (χ1) is 8.88. The molecule has 1 aromatic heterocycles. The Morgan fingerprint density at radius 3 is 2.83 bits per heavy atom. The van der Waals surface area contributed by atoms with E-state index in [1.54, 1.807) is 6.20 Å². The SMILES string of the molecule is N#CC(c1ccc2ncccc2c1)N1CCCC1. The lowest BCUT2D eigenvalue weighted by atomic mass is 10.0. The zero-order valence-corrected chi connectivity index (χ0v) is 10.2. The first-order valence-electron chi connectivity index (χ1n) is 6.37. The normalized spacial score (nSPS) is 17.7. The van der Waals surface area contributed by atoms with Gasteiger partial charge in [-0.25, -0.2) is 0 Å². The Labute approximate surface area is 107 Å². The Bertz CT molecular complexity index is 594. The van der Waals surface area contributed by atoms with E-state index in [0.717, 1.165) is 29.6 Å². The largest absolute Gasteiger partial charge is 0.284 e. The van der Waals surface area contributed by atoms with Gasteiger partial charge in [0.05, 0.1) is 11.6 Å². The Hall–Kier alpha value is -1.92. The maximum atomic E-state index is 9.40. The van der Waals surface area contributed by atoms with Gasteiger partial charge in [0, 0.05) is 11.6 Å². The van der Waals surface area contributed by atoms with E-state index in [4.69, 9.17) is 0 Å². The maximum Gasteiger partial charge on any atom is 0.123 e. The molecule has 0 N–H and O–H groups in total. The minimum atomic E-state index is -0.114. The van der Waals surface area contributed by atoms with Crippen LogP contribution in [0.2, 0.25) is 0 Å². The smallest absolute Gasteiger partial charge is 0.123 e. The van der Waals surface area contributed by atoms with Crippen molar-refractivity contribution in [2.75, 3.05) is 13.1 Å². The number of benzene rings is 1. The van der Waals surface area contributed by atoms with E-state index in [0.29, 0.717) is 0 Å². The molecule has 18 heavy (non-hydrogen) atoms. The van der Waals surface area contributed by atoms with Crippen LogP contribution in [0.15, 0.2) is 36.5 Å². The van der Waals surface area contributed by atoms with Gasteiger partial charge in [-0.3, -0.25) is 9.88 Å². The van der Waals surface area contributed by atoms with Crippen LogP contribution >= 0.6 is 0 Å². The molecule has 0 saturated carbocycles. The van der Waals surface area contributed by atoms with Crippen LogP contribution in [0, 0.1) is 11.3 Å². The molecule has 90 valence electrons. The fourth-order valence-electron chi connectivity index (χ4n) is 2.63. The van der Waals surface area contributed by atoms with E-state index < -0.39 is 0 Å². The van der Waals surface area contributed by atoms with E-state index >= 15 is 0 Å². The van der Waals surface area contributed by atoms with Gasteiger partial charge in [0.1, 0.15) is 6.04 Å². The first kappa shape index (κ1) is 11.2. The number of nitrogens with zero attached hydrogens (tertiary/aromatic N) is 3. The van der Waals surface area contributed by atoms with Crippen molar-refractivity contribution >= 4 is 10.9 Å². The van der Waals surface area contributed by atoms with Gasteiger partial charge < -0.3 is 0 Å². The van der Waals surface area contributed by atoms with Gasteiger partial charge in [-0.2, -0.15) is 5.26 Å². The molecule has 2 aromatic rings. The molecule has 0 amide bonds. The van der Waals surface area contributed by atoms with Crippen molar-refractivity contribution in [1.82, 2.24) is 9.88 Å². The highest BCUT2D eigenvalue weighted by atomic mass is 15.2. The van der Waals surface area contributed by atoms with Gasteiger partial charge in [0.15, 0.2) is 0 Å². The predicted molar refractivity (Wildman–Crippen MR) is 70.9 cm³/mol. The molecule has 3 nitrogen and oxygen atoms in total. The second-order valence-corrected chi connectivity index (χ2v) is 4.73. The fraction of sp³-hybridized carbons (Fsp3) is 0.333. The predicted octanol–water partition coefficient (Wildman–Crippen LogP) is 2.90. The molecule has 1 saturated heterocycles. The molecule has 3 rings (SSSR count). The summed E-state index contributed by atoms with van der Waals surface area (Å²) in [5.74, 6) is 0. The van der Waals surface area contributed by atoms with Crippen LogP contribution in [0.3, 0.4) is 0 Å². The molecule has 1 atom stereocenters. The van der Waals surface area contributed by atoms with E-state index in [1.165, 1.54) is 12.8 Å². The summed E-state index contributed by atoms with van der Waals surface area (Å²) in [4.78, 5) is 6.57. The quantitative estimate of drug-likeness (QED) is 0.806. The van der Waals surface area contributed by atoms with E-state index in [2.05, 4.69) is 22.0 Å². The van der Waals surface area contributed by atoms with E-state index in [-0.39, 0.29) is 6.04 Å². The molecule has 1 aliphatic rings. The highest BCUT2D eigenvalue weighted by Crippen LogP contribution is 2.26. The highest BCUT2D eigenvalue weighted by Gasteiger charge is 2.23. The van der Waals surface area contributed by atoms with Crippen LogP contribution in [0.5, 0.6) is 0 Å². The van der Waals surface area contributed by atoms with Crippen molar-refractivity contribution in [2.45, 2.75) is 18.9 Å². The Morgan fingerprint density at radius 1 is 1.22 bits per heavy atom. The molecule has 0 spiro atoms. The van der Waals surface area contributed by atoms with E-state index in [9.17, 15) is 5.26 Å². The summed E-state index contributed by atoms with van der Waals surface area (Å²) in [6, 6.07) is 12.4. The molecule has 2 heterocycles. The van der Waals surface area contributed by atoms with E-state index in [1.807, 2.05) is 24.3 Å². The fourth-order valence-corrected chi connectivity index (χ4v) is 2.63. The Kier molecular flexibility index (Phi) is 2.95. The van der Waals surface area contributed by atoms with Gasteiger partial charge in [0.2, 0.25) is 0 Å². The molecule has 0 bridgehead atoms. The van der Waals surface area contributed by atoms with Crippen molar-refractivity contribution in [3.05, 3.63) is 42.1 Å². The van der Waals surface area contributed by atoms with Gasteiger partial charge in [-0.15, -0.1) is 0 Å². The molecular weight excluding hydrogens is 222 g/mol. The van der Waals surface area contributed by atoms with Gasteiger partial charge in [-0.1, -0.05) is 12.1 Å². The molecular formula is C15H15N3. The Morgan fingerprint density at radius 2 is 2.06 bits per heavy atom. The summed E-state index contributed by atoms with van der Waals surface area (Å²) < 4.78 is 0. The van der Waals surface area contributed by atoms with Gasteiger partial charge >= 0.3 is 0 Å². The number of aromatic nitrogens is 1. The van der Waals surface area contributed by atoms with Crippen LogP contribution in [0.25, 0.3) is 10.9 Å². The lowest BCUT2D eigenvalue weighted by molar-refractivity contribution is 0.294. The third kappa shape index (κ3) is 1.96.